The number of hydrogen-bond donors (Lipinski definition) is 0. The molecule has 3 heteroatoms. The molecule has 0 N–H and O–H groups in total. The number of rotatable bonds is 4. The van der Waals surface area contributed by atoms with Gasteiger partial charge in [-0.1, -0.05) is 27.2 Å². The summed E-state index contributed by atoms with van der Waals surface area (Å²) in [4.78, 5) is 5.77. The first kappa shape index (κ1) is 16.1. The van der Waals surface area contributed by atoms with Gasteiger partial charge in [0, 0.05) is 36.5 Å². The van der Waals surface area contributed by atoms with E-state index in [1.54, 1.807) is 0 Å². The fraction of sp³-hybridized carbons (Fsp3) is 1.00. The molecule has 0 aromatic rings. The number of hydrogen-bond acceptors (Lipinski definition) is 3. The lowest BCUT2D eigenvalue weighted by Gasteiger charge is -2.52. The average molecular weight is 311 g/mol. The summed E-state index contributed by atoms with van der Waals surface area (Å²) in [6.07, 6.45) is 8.70. The zero-order valence-electron chi connectivity index (χ0n) is 14.3. The van der Waals surface area contributed by atoms with Crippen LogP contribution in [0.2, 0.25) is 0 Å². The van der Waals surface area contributed by atoms with Crippen LogP contribution in [0.1, 0.15) is 59.3 Å². The molecule has 3 aliphatic rings. The molecular formula is C18H34N2S. The zero-order valence-corrected chi connectivity index (χ0v) is 15.1. The highest BCUT2D eigenvalue weighted by atomic mass is 32.2. The molecule has 0 bridgehead atoms. The quantitative estimate of drug-likeness (QED) is 0.778. The van der Waals surface area contributed by atoms with Gasteiger partial charge in [-0.15, -0.1) is 0 Å². The molecule has 1 saturated carbocycles. The lowest BCUT2D eigenvalue weighted by atomic mass is 9.90. The molecule has 2 aliphatic heterocycles. The van der Waals surface area contributed by atoms with E-state index in [2.05, 4.69) is 42.3 Å². The summed E-state index contributed by atoms with van der Waals surface area (Å²) < 4.78 is 0. The third-order valence-electron chi connectivity index (χ3n) is 6.02. The monoisotopic (exact) mass is 310 g/mol. The van der Waals surface area contributed by atoms with Crippen molar-refractivity contribution in [3.63, 3.8) is 0 Å². The highest BCUT2D eigenvalue weighted by molar-refractivity contribution is 7.99. The molecule has 0 amide bonds. The average Bonchev–Trinajstić information content (AvgIpc) is 2.94. The van der Waals surface area contributed by atoms with Crippen LogP contribution in [0, 0.1) is 5.92 Å². The van der Waals surface area contributed by atoms with E-state index in [0.717, 1.165) is 29.3 Å². The van der Waals surface area contributed by atoms with Crippen molar-refractivity contribution in [1.82, 2.24) is 9.80 Å². The Bertz CT molecular complexity index is 333. The molecule has 2 saturated heterocycles. The Kier molecular flexibility index (Phi) is 5.55. The van der Waals surface area contributed by atoms with Gasteiger partial charge in [-0.25, -0.2) is 0 Å². The van der Waals surface area contributed by atoms with E-state index in [1.165, 1.54) is 63.9 Å². The van der Waals surface area contributed by atoms with Crippen LogP contribution >= 0.6 is 11.8 Å². The van der Waals surface area contributed by atoms with Crippen LogP contribution in [0.25, 0.3) is 0 Å². The number of nitrogens with zero attached hydrogens (tertiary/aromatic N) is 2. The van der Waals surface area contributed by atoms with Crippen LogP contribution < -0.4 is 0 Å². The SMILES string of the molecule is CCSC1CCC(N2CC3CCCCN3CC2C(C)C)C1. The van der Waals surface area contributed by atoms with Crippen LogP contribution in [0.15, 0.2) is 0 Å². The molecule has 2 heterocycles. The Balaban J connectivity index is 1.66. The topological polar surface area (TPSA) is 6.48 Å². The molecule has 3 rings (SSSR count). The largest absolute Gasteiger partial charge is 0.298 e. The van der Waals surface area contributed by atoms with Crippen molar-refractivity contribution >= 4 is 11.8 Å². The summed E-state index contributed by atoms with van der Waals surface area (Å²) in [5, 5.41) is 0.942. The van der Waals surface area contributed by atoms with Gasteiger partial charge in [-0.2, -0.15) is 11.8 Å². The van der Waals surface area contributed by atoms with Crippen LogP contribution in [-0.4, -0.2) is 58.6 Å². The molecule has 0 aromatic carbocycles. The van der Waals surface area contributed by atoms with Gasteiger partial charge in [0.2, 0.25) is 0 Å². The van der Waals surface area contributed by atoms with Crippen molar-refractivity contribution in [2.75, 3.05) is 25.4 Å². The van der Waals surface area contributed by atoms with E-state index in [4.69, 9.17) is 0 Å². The van der Waals surface area contributed by atoms with E-state index in [0.29, 0.717) is 0 Å². The smallest absolute Gasteiger partial charge is 0.0249 e. The van der Waals surface area contributed by atoms with E-state index >= 15 is 0 Å². The predicted molar refractivity (Wildman–Crippen MR) is 94.1 cm³/mol. The van der Waals surface area contributed by atoms with Crippen molar-refractivity contribution < 1.29 is 0 Å². The van der Waals surface area contributed by atoms with Crippen molar-refractivity contribution in [3.8, 4) is 0 Å². The lowest BCUT2D eigenvalue weighted by Crippen LogP contribution is -2.63. The molecule has 2 nitrogen and oxygen atoms in total. The third kappa shape index (κ3) is 3.61. The molecule has 21 heavy (non-hydrogen) atoms. The Morgan fingerprint density at radius 3 is 2.67 bits per heavy atom. The number of piperidine rings is 1. The first-order chi connectivity index (χ1) is 10.2. The lowest BCUT2D eigenvalue weighted by molar-refractivity contribution is -0.0285. The Hall–Kier alpha value is 0.270. The van der Waals surface area contributed by atoms with Crippen molar-refractivity contribution in [2.45, 2.75) is 82.7 Å². The zero-order chi connectivity index (χ0) is 14.8. The second-order valence-corrected chi connectivity index (χ2v) is 9.27. The van der Waals surface area contributed by atoms with E-state index < -0.39 is 0 Å². The molecule has 1 aliphatic carbocycles. The second-order valence-electron chi connectivity index (χ2n) is 7.70. The standard InChI is InChI=1S/C18H34N2S/c1-4-21-17-9-8-15(11-17)20-12-16-7-5-6-10-19(16)13-18(20)14(2)3/h14-18H,4-13H2,1-3H3. The maximum atomic E-state index is 2.95. The summed E-state index contributed by atoms with van der Waals surface area (Å²) in [5.74, 6) is 2.09. The summed E-state index contributed by atoms with van der Waals surface area (Å²) in [6.45, 7) is 11.3. The Morgan fingerprint density at radius 2 is 1.90 bits per heavy atom. The van der Waals surface area contributed by atoms with Gasteiger partial charge in [0.05, 0.1) is 0 Å². The minimum Gasteiger partial charge on any atom is -0.298 e. The van der Waals surface area contributed by atoms with Gasteiger partial charge < -0.3 is 0 Å². The van der Waals surface area contributed by atoms with Crippen molar-refractivity contribution in [1.29, 1.82) is 0 Å². The first-order valence-corrected chi connectivity index (χ1v) is 10.3. The molecule has 0 aromatic heterocycles. The first-order valence-electron chi connectivity index (χ1n) is 9.30. The molecule has 0 radical (unpaired) electrons. The number of thioether (sulfide) groups is 1. The number of piperazine rings is 1. The minimum absolute atomic E-state index is 0.797. The Labute approximate surface area is 136 Å². The van der Waals surface area contributed by atoms with Crippen LogP contribution in [0.4, 0.5) is 0 Å². The van der Waals surface area contributed by atoms with Gasteiger partial charge in [-0.05, 0) is 50.3 Å². The van der Waals surface area contributed by atoms with Gasteiger partial charge in [0.1, 0.15) is 0 Å². The van der Waals surface area contributed by atoms with Gasteiger partial charge >= 0.3 is 0 Å². The normalized spacial score (nSPS) is 38.9. The van der Waals surface area contributed by atoms with Crippen molar-refractivity contribution in [3.05, 3.63) is 0 Å². The fourth-order valence-electron chi connectivity index (χ4n) is 4.85. The van der Waals surface area contributed by atoms with E-state index in [1.807, 2.05) is 0 Å². The van der Waals surface area contributed by atoms with Crippen LogP contribution in [-0.2, 0) is 0 Å². The summed E-state index contributed by atoms with van der Waals surface area (Å²) in [6, 6.07) is 2.55. The molecule has 0 spiro atoms. The molecular weight excluding hydrogens is 276 g/mol. The highest BCUT2D eigenvalue weighted by Gasteiger charge is 2.41. The minimum atomic E-state index is 0.797. The van der Waals surface area contributed by atoms with Crippen LogP contribution in [0.5, 0.6) is 0 Å². The van der Waals surface area contributed by atoms with Crippen LogP contribution in [0.3, 0.4) is 0 Å². The van der Waals surface area contributed by atoms with E-state index in [-0.39, 0.29) is 0 Å². The maximum absolute atomic E-state index is 2.95. The molecule has 122 valence electrons. The number of fused-ring (bicyclic) bond motifs is 1. The third-order valence-corrected chi connectivity index (χ3v) is 7.25. The fourth-order valence-corrected chi connectivity index (χ4v) is 5.98. The summed E-state index contributed by atoms with van der Waals surface area (Å²) in [7, 11) is 0. The van der Waals surface area contributed by atoms with Gasteiger partial charge in [0.25, 0.3) is 0 Å². The Morgan fingerprint density at radius 1 is 1.05 bits per heavy atom. The predicted octanol–water partition coefficient (Wildman–Crippen LogP) is 3.86. The molecule has 4 atom stereocenters. The van der Waals surface area contributed by atoms with E-state index in [9.17, 15) is 0 Å². The maximum Gasteiger partial charge on any atom is 0.0249 e. The van der Waals surface area contributed by atoms with Gasteiger partial charge in [0.15, 0.2) is 0 Å². The second kappa shape index (κ2) is 7.23. The molecule has 3 fully saturated rings. The molecule has 4 unspecified atom stereocenters. The van der Waals surface area contributed by atoms with Gasteiger partial charge in [-0.3, -0.25) is 9.80 Å². The van der Waals surface area contributed by atoms with Crippen molar-refractivity contribution in [2.24, 2.45) is 5.92 Å². The summed E-state index contributed by atoms with van der Waals surface area (Å²) >= 11 is 2.20. The summed E-state index contributed by atoms with van der Waals surface area (Å²) in [5.41, 5.74) is 0. The highest BCUT2D eigenvalue weighted by Crippen LogP contribution is 2.37.